The smallest absolute Gasteiger partial charge is 0.310 e. The Balaban J connectivity index is 1.91. The summed E-state index contributed by atoms with van der Waals surface area (Å²) in [4.78, 5) is 24.8. The third-order valence-corrected chi connectivity index (χ3v) is 8.29. The van der Waals surface area contributed by atoms with Crippen LogP contribution in [0.25, 0.3) is 0 Å². The molecule has 7 N–H and O–H groups in total. The number of rotatable bonds is 23. The molecule has 0 saturated carbocycles. The van der Waals surface area contributed by atoms with Crippen LogP contribution in [0.1, 0.15) is 90.9 Å². The van der Waals surface area contributed by atoms with Crippen LogP contribution >= 0.6 is 0 Å². The number of ether oxygens (including phenoxy) is 6. The van der Waals surface area contributed by atoms with Gasteiger partial charge in [0, 0.05) is 6.42 Å². The quantitative estimate of drug-likeness (QED) is 0.0435. The van der Waals surface area contributed by atoms with Gasteiger partial charge in [-0.2, -0.15) is 0 Å². The first-order valence-electron chi connectivity index (χ1n) is 17.3. The molecule has 0 aromatic heterocycles. The van der Waals surface area contributed by atoms with Gasteiger partial charge in [0.1, 0.15) is 55.4 Å². The van der Waals surface area contributed by atoms with Crippen molar-refractivity contribution in [2.24, 2.45) is 0 Å². The van der Waals surface area contributed by atoms with Crippen LogP contribution in [0, 0.1) is 0 Å². The lowest BCUT2D eigenvalue weighted by Gasteiger charge is -2.42. The maximum atomic E-state index is 12.4. The van der Waals surface area contributed by atoms with Crippen molar-refractivity contribution in [1.82, 2.24) is 0 Å². The minimum atomic E-state index is -1.76. The Bertz CT molecular complexity index is 917. The van der Waals surface area contributed by atoms with Crippen LogP contribution in [0.15, 0.2) is 12.2 Å². The maximum Gasteiger partial charge on any atom is 0.310 e. The summed E-state index contributed by atoms with van der Waals surface area (Å²) in [5.41, 5.74) is 0. The second kappa shape index (κ2) is 23.6. The van der Waals surface area contributed by atoms with Crippen molar-refractivity contribution in [2.45, 2.75) is 158 Å². The zero-order valence-electron chi connectivity index (χ0n) is 28.2. The van der Waals surface area contributed by atoms with Crippen molar-refractivity contribution in [2.75, 3.05) is 26.4 Å². The Hall–Kier alpha value is -1.76. The highest BCUT2D eigenvalue weighted by molar-refractivity contribution is 5.71. The van der Waals surface area contributed by atoms with Crippen LogP contribution < -0.4 is 0 Å². The zero-order chi connectivity index (χ0) is 35.5. The van der Waals surface area contributed by atoms with Crippen LogP contribution in [-0.2, 0) is 38.0 Å². The molecule has 48 heavy (non-hydrogen) atoms. The predicted molar refractivity (Wildman–Crippen MR) is 169 cm³/mol. The summed E-state index contributed by atoms with van der Waals surface area (Å²) in [6.45, 7) is 2.16. The molecule has 2 rings (SSSR count). The lowest BCUT2D eigenvalue weighted by atomic mass is 9.98. The Morgan fingerprint density at radius 1 is 0.667 bits per heavy atom. The lowest BCUT2D eigenvalue weighted by molar-refractivity contribution is -0.332. The van der Waals surface area contributed by atoms with E-state index in [2.05, 4.69) is 6.92 Å². The van der Waals surface area contributed by atoms with Crippen LogP contribution in [0.5, 0.6) is 0 Å². The molecule has 15 nitrogen and oxygen atoms in total. The molecule has 0 unspecified atom stereocenters. The van der Waals surface area contributed by atoms with Crippen molar-refractivity contribution in [3.63, 3.8) is 0 Å². The SMILES string of the molecule is CC/C=C\CC(=O)O[C@H](COC(=O)CCCCCCCCCCC)CO[C@@H]1O[C@H](CO[C@H]2O[C@H](CO)[C@H](O)[C@H](O)[C@H]2O)[C@H](O)[C@H](O)[C@H]1O. The summed E-state index contributed by atoms with van der Waals surface area (Å²) in [6, 6.07) is 0. The molecule has 280 valence electrons. The van der Waals surface area contributed by atoms with Crippen LogP contribution in [0.2, 0.25) is 0 Å². The van der Waals surface area contributed by atoms with E-state index in [-0.39, 0.29) is 19.4 Å². The number of carbonyl (C=O) groups excluding carboxylic acids is 2. The third-order valence-electron chi connectivity index (χ3n) is 8.29. The Morgan fingerprint density at radius 2 is 1.23 bits per heavy atom. The van der Waals surface area contributed by atoms with Gasteiger partial charge in [0.15, 0.2) is 18.7 Å². The Labute approximate surface area is 282 Å². The van der Waals surface area contributed by atoms with Gasteiger partial charge in [-0.25, -0.2) is 0 Å². The fraction of sp³-hybridized carbons (Fsp3) is 0.879. The lowest BCUT2D eigenvalue weighted by Crippen LogP contribution is -2.61. The molecule has 0 aliphatic carbocycles. The highest BCUT2D eigenvalue weighted by Gasteiger charge is 2.47. The minimum Gasteiger partial charge on any atom is -0.462 e. The van der Waals surface area contributed by atoms with Gasteiger partial charge in [-0.1, -0.05) is 77.4 Å². The maximum absolute atomic E-state index is 12.4. The normalized spacial score (nSPS) is 31.5. The van der Waals surface area contributed by atoms with E-state index < -0.39 is 99.3 Å². The highest BCUT2D eigenvalue weighted by atomic mass is 16.7. The monoisotopic (exact) mass is 694 g/mol. The standard InChI is InChI=1S/C33H58O15/c1-3-5-7-8-9-10-11-12-14-15-24(35)43-18-21(46-25(36)16-13-6-4-2)19-44-32-31(42)29(40)27(38)23(48-32)20-45-33-30(41)28(39)26(37)22(17-34)47-33/h6,13,21-23,26-34,37-42H,3-5,7-12,14-20H2,1-2H3/b13-6-/t21-,22-,23-,26+,27+,28+,29+,30-,31-,32-,33+/m1/s1. The molecule has 2 heterocycles. The Kier molecular flexibility index (Phi) is 20.9. The van der Waals surface area contributed by atoms with Crippen molar-refractivity contribution in [1.29, 1.82) is 0 Å². The number of hydrogen-bond acceptors (Lipinski definition) is 15. The summed E-state index contributed by atoms with van der Waals surface area (Å²) in [5.74, 6) is -1.06. The van der Waals surface area contributed by atoms with Gasteiger partial charge < -0.3 is 64.2 Å². The largest absolute Gasteiger partial charge is 0.462 e. The first-order valence-corrected chi connectivity index (χ1v) is 17.3. The van der Waals surface area contributed by atoms with E-state index in [1.807, 2.05) is 6.92 Å². The molecule has 2 aliphatic heterocycles. The summed E-state index contributed by atoms with van der Waals surface area (Å²) in [5, 5.41) is 71.0. The predicted octanol–water partition coefficient (Wildman–Crippen LogP) is 0.359. The molecular formula is C33H58O15. The van der Waals surface area contributed by atoms with Crippen LogP contribution in [0.4, 0.5) is 0 Å². The van der Waals surface area contributed by atoms with Gasteiger partial charge in [0.25, 0.3) is 0 Å². The van der Waals surface area contributed by atoms with E-state index in [1.165, 1.54) is 32.1 Å². The fourth-order valence-corrected chi connectivity index (χ4v) is 5.32. The minimum absolute atomic E-state index is 0.0262. The van der Waals surface area contributed by atoms with Crippen molar-refractivity contribution < 1.29 is 73.8 Å². The van der Waals surface area contributed by atoms with E-state index in [0.29, 0.717) is 6.42 Å². The molecule has 0 radical (unpaired) electrons. The zero-order valence-corrected chi connectivity index (χ0v) is 28.2. The molecule has 11 atom stereocenters. The van der Waals surface area contributed by atoms with Gasteiger partial charge in [-0.15, -0.1) is 0 Å². The van der Waals surface area contributed by atoms with E-state index in [4.69, 9.17) is 28.4 Å². The molecule has 2 aliphatic rings. The summed E-state index contributed by atoms with van der Waals surface area (Å²) in [7, 11) is 0. The average Bonchev–Trinajstić information content (AvgIpc) is 3.07. The van der Waals surface area contributed by atoms with Gasteiger partial charge in [0.2, 0.25) is 0 Å². The van der Waals surface area contributed by atoms with Gasteiger partial charge in [-0.05, 0) is 12.8 Å². The second-order valence-electron chi connectivity index (χ2n) is 12.3. The number of aliphatic hydroxyl groups is 7. The summed E-state index contributed by atoms with van der Waals surface area (Å²) >= 11 is 0. The average molecular weight is 695 g/mol. The van der Waals surface area contributed by atoms with E-state index in [0.717, 1.165) is 25.7 Å². The summed E-state index contributed by atoms with van der Waals surface area (Å²) in [6.07, 6.45) is -2.70. The second-order valence-corrected chi connectivity index (χ2v) is 12.3. The van der Waals surface area contributed by atoms with Crippen LogP contribution in [-0.4, -0.2) is 142 Å². The molecule has 15 heteroatoms. The first kappa shape index (κ1) is 42.4. The van der Waals surface area contributed by atoms with E-state index >= 15 is 0 Å². The summed E-state index contributed by atoms with van der Waals surface area (Å²) < 4.78 is 32.8. The van der Waals surface area contributed by atoms with E-state index in [1.54, 1.807) is 12.2 Å². The number of esters is 2. The van der Waals surface area contributed by atoms with Crippen molar-refractivity contribution in [3.05, 3.63) is 12.2 Å². The van der Waals surface area contributed by atoms with Crippen LogP contribution in [0.3, 0.4) is 0 Å². The molecule has 2 fully saturated rings. The third kappa shape index (κ3) is 14.6. The number of aliphatic hydroxyl groups excluding tert-OH is 7. The van der Waals surface area contributed by atoms with Crippen molar-refractivity contribution in [3.8, 4) is 0 Å². The molecule has 0 aromatic carbocycles. The molecule has 0 amide bonds. The van der Waals surface area contributed by atoms with E-state index in [9.17, 15) is 45.3 Å². The van der Waals surface area contributed by atoms with Gasteiger partial charge >= 0.3 is 11.9 Å². The Morgan fingerprint density at radius 3 is 1.83 bits per heavy atom. The van der Waals surface area contributed by atoms with Crippen molar-refractivity contribution >= 4 is 11.9 Å². The molecular weight excluding hydrogens is 636 g/mol. The fourth-order valence-electron chi connectivity index (χ4n) is 5.32. The number of allylic oxidation sites excluding steroid dienone is 1. The topological polar surface area (TPSA) is 231 Å². The molecule has 2 saturated heterocycles. The number of hydrogen-bond donors (Lipinski definition) is 7. The number of carbonyl (C=O) groups is 2. The molecule has 0 bridgehead atoms. The molecule has 0 aromatic rings. The number of unbranched alkanes of at least 4 members (excludes halogenated alkanes) is 8. The highest BCUT2D eigenvalue weighted by Crippen LogP contribution is 2.26. The van der Waals surface area contributed by atoms with Gasteiger partial charge in [-0.3, -0.25) is 9.59 Å². The molecule has 0 spiro atoms. The first-order chi connectivity index (χ1) is 23.0. The van der Waals surface area contributed by atoms with Gasteiger partial charge in [0.05, 0.1) is 26.2 Å².